The third kappa shape index (κ3) is 4.74. The number of nitrogens with zero attached hydrogens (tertiary/aromatic N) is 2. The first-order valence-electron chi connectivity index (χ1n) is 8.77. The van der Waals surface area contributed by atoms with Crippen LogP contribution in [0.1, 0.15) is 11.1 Å². The summed E-state index contributed by atoms with van der Waals surface area (Å²) in [5.74, 6) is 1.34. The Kier molecular flexibility index (Phi) is 6.63. The van der Waals surface area contributed by atoms with Gasteiger partial charge in [0.1, 0.15) is 12.9 Å². The number of benzene rings is 2. The van der Waals surface area contributed by atoms with Gasteiger partial charge in [0.25, 0.3) is 10.0 Å². The van der Waals surface area contributed by atoms with Crippen LogP contribution < -0.4 is 18.9 Å². The summed E-state index contributed by atoms with van der Waals surface area (Å²) in [7, 11) is -0.842. The highest BCUT2D eigenvalue weighted by atomic mass is 35.5. The Labute approximate surface area is 179 Å². The fourth-order valence-electron chi connectivity index (χ4n) is 2.69. The van der Waals surface area contributed by atoms with Gasteiger partial charge in [-0.1, -0.05) is 23.7 Å². The zero-order chi connectivity index (χ0) is 21.7. The lowest BCUT2D eigenvalue weighted by molar-refractivity contribution is 0.303. The molecule has 3 rings (SSSR count). The van der Waals surface area contributed by atoms with Crippen LogP contribution in [0.25, 0.3) is 0 Å². The van der Waals surface area contributed by atoms with Crippen molar-refractivity contribution in [1.82, 2.24) is 9.97 Å². The number of halogens is 1. The van der Waals surface area contributed by atoms with Crippen molar-refractivity contribution in [3.05, 3.63) is 65.1 Å². The minimum absolute atomic E-state index is 0.0184. The zero-order valence-corrected chi connectivity index (χ0v) is 18.1. The van der Waals surface area contributed by atoms with Gasteiger partial charge in [-0.25, -0.2) is 18.4 Å². The van der Waals surface area contributed by atoms with Gasteiger partial charge < -0.3 is 14.2 Å². The lowest BCUT2D eigenvalue weighted by Crippen LogP contribution is -2.16. The maximum absolute atomic E-state index is 12.8. The quantitative estimate of drug-likeness (QED) is 0.557. The SMILES string of the molecule is COc1ccc(COc2cncnc2NS(=O)(=O)c2cccc(Cl)c2C)cc1OC. The Bertz CT molecular complexity index is 1150. The number of methoxy groups -OCH3 is 2. The Morgan fingerprint density at radius 3 is 2.57 bits per heavy atom. The molecule has 0 saturated heterocycles. The summed E-state index contributed by atoms with van der Waals surface area (Å²) >= 11 is 6.06. The van der Waals surface area contributed by atoms with Crippen molar-refractivity contribution in [3.8, 4) is 17.2 Å². The molecular weight excluding hydrogens is 430 g/mol. The number of rotatable bonds is 8. The van der Waals surface area contributed by atoms with E-state index in [1.807, 2.05) is 6.07 Å². The van der Waals surface area contributed by atoms with Crippen LogP contribution in [0.4, 0.5) is 5.82 Å². The summed E-state index contributed by atoms with van der Waals surface area (Å²) in [4.78, 5) is 7.98. The molecule has 1 heterocycles. The second kappa shape index (κ2) is 9.19. The molecule has 0 atom stereocenters. The Morgan fingerprint density at radius 1 is 1.07 bits per heavy atom. The molecule has 3 aromatic rings. The van der Waals surface area contributed by atoms with E-state index in [2.05, 4.69) is 14.7 Å². The van der Waals surface area contributed by atoms with E-state index in [9.17, 15) is 8.42 Å². The van der Waals surface area contributed by atoms with Gasteiger partial charge in [0.2, 0.25) is 0 Å². The normalized spacial score (nSPS) is 11.1. The highest BCUT2D eigenvalue weighted by Gasteiger charge is 2.21. The van der Waals surface area contributed by atoms with Gasteiger partial charge in [-0.2, -0.15) is 0 Å². The minimum Gasteiger partial charge on any atom is -0.493 e. The predicted molar refractivity (Wildman–Crippen MR) is 113 cm³/mol. The number of nitrogens with one attached hydrogen (secondary N) is 1. The summed E-state index contributed by atoms with van der Waals surface area (Å²) in [5.41, 5.74) is 1.23. The Morgan fingerprint density at radius 2 is 1.83 bits per heavy atom. The molecule has 0 unspecified atom stereocenters. The molecule has 0 saturated carbocycles. The van der Waals surface area contributed by atoms with E-state index in [1.54, 1.807) is 38.3 Å². The molecule has 0 amide bonds. The largest absolute Gasteiger partial charge is 0.493 e. The van der Waals surface area contributed by atoms with E-state index < -0.39 is 10.0 Å². The van der Waals surface area contributed by atoms with Crippen molar-refractivity contribution in [2.24, 2.45) is 0 Å². The molecule has 1 N–H and O–H groups in total. The maximum atomic E-state index is 12.8. The smallest absolute Gasteiger partial charge is 0.263 e. The van der Waals surface area contributed by atoms with Crippen LogP contribution >= 0.6 is 11.6 Å². The highest BCUT2D eigenvalue weighted by Crippen LogP contribution is 2.30. The molecule has 0 aliphatic rings. The van der Waals surface area contributed by atoms with Gasteiger partial charge in [-0.3, -0.25) is 4.72 Å². The van der Waals surface area contributed by atoms with E-state index in [0.717, 1.165) is 5.56 Å². The summed E-state index contributed by atoms with van der Waals surface area (Å²) in [6.45, 7) is 1.77. The average molecular weight is 450 g/mol. The molecule has 10 heteroatoms. The van der Waals surface area contributed by atoms with E-state index in [-0.39, 0.29) is 23.1 Å². The lowest BCUT2D eigenvalue weighted by atomic mass is 10.2. The van der Waals surface area contributed by atoms with Crippen molar-refractivity contribution in [1.29, 1.82) is 0 Å². The summed E-state index contributed by atoms with van der Waals surface area (Å²) in [6.07, 6.45) is 2.61. The van der Waals surface area contributed by atoms with E-state index in [1.165, 1.54) is 25.7 Å². The fraction of sp³-hybridized carbons (Fsp3) is 0.200. The van der Waals surface area contributed by atoms with E-state index in [0.29, 0.717) is 22.1 Å². The van der Waals surface area contributed by atoms with Crippen LogP contribution in [0.2, 0.25) is 5.02 Å². The van der Waals surface area contributed by atoms with Crippen LogP contribution in [-0.4, -0.2) is 32.6 Å². The number of aromatic nitrogens is 2. The van der Waals surface area contributed by atoms with Gasteiger partial charge in [0.05, 0.1) is 25.3 Å². The number of anilines is 1. The van der Waals surface area contributed by atoms with Crippen LogP contribution in [0.5, 0.6) is 17.2 Å². The van der Waals surface area contributed by atoms with E-state index in [4.69, 9.17) is 25.8 Å². The molecule has 2 aromatic carbocycles. The van der Waals surface area contributed by atoms with Crippen LogP contribution in [0.15, 0.2) is 53.8 Å². The fourth-order valence-corrected chi connectivity index (χ4v) is 4.21. The predicted octanol–water partition coefficient (Wildman–Crippen LogP) is 3.84. The van der Waals surface area contributed by atoms with Crippen molar-refractivity contribution in [2.75, 3.05) is 18.9 Å². The van der Waals surface area contributed by atoms with E-state index >= 15 is 0 Å². The minimum atomic E-state index is -3.93. The monoisotopic (exact) mass is 449 g/mol. The second-order valence-electron chi connectivity index (χ2n) is 6.18. The first kappa shape index (κ1) is 21.7. The molecule has 0 fully saturated rings. The van der Waals surface area contributed by atoms with Crippen molar-refractivity contribution >= 4 is 27.4 Å². The summed E-state index contributed by atoms with van der Waals surface area (Å²) in [6, 6.07) is 9.99. The summed E-state index contributed by atoms with van der Waals surface area (Å²) < 4.78 is 44.4. The third-order valence-electron chi connectivity index (χ3n) is 4.26. The van der Waals surface area contributed by atoms with Crippen LogP contribution in [-0.2, 0) is 16.6 Å². The molecule has 0 spiro atoms. The number of hydrogen-bond acceptors (Lipinski definition) is 7. The molecule has 1 aromatic heterocycles. The molecule has 8 nitrogen and oxygen atoms in total. The van der Waals surface area contributed by atoms with Gasteiger partial charge in [-0.15, -0.1) is 0 Å². The molecule has 158 valence electrons. The molecule has 0 bridgehead atoms. The van der Waals surface area contributed by atoms with Crippen LogP contribution in [0.3, 0.4) is 0 Å². The highest BCUT2D eigenvalue weighted by molar-refractivity contribution is 7.92. The first-order valence-corrected chi connectivity index (χ1v) is 10.6. The second-order valence-corrected chi connectivity index (χ2v) is 8.24. The van der Waals surface area contributed by atoms with Crippen molar-refractivity contribution in [2.45, 2.75) is 18.4 Å². The van der Waals surface area contributed by atoms with Crippen molar-refractivity contribution in [3.63, 3.8) is 0 Å². The summed E-state index contributed by atoms with van der Waals surface area (Å²) in [5, 5.41) is 0.352. The van der Waals surface area contributed by atoms with Gasteiger partial charge in [0, 0.05) is 5.02 Å². The number of hydrogen-bond donors (Lipinski definition) is 1. The Hall–Kier alpha value is -3.04. The molecular formula is C20H20ClN3O5S. The molecule has 0 aliphatic heterocycles. The molecule has 0 radical (unpaired) electrons. The topological polar surface area (TPSA) is 99.6 Å². The van der Waals surface area contributed by atoms with Crippen LogP contribution in [0, 0.1) is 6.92 Å². The number of sulfonamides is 1. The lowest BCUT2D eigenvalue weighted by Gasteiger charge is -2.14. The first-order chi connectivity index (χ1) is 14.4. The maximum Gasteiger partial charge on any atom is 0.263 e. The van der Waals surface area contributed by atoms with Gasteiger partial charge in [-0.05, 0) is 42.3 Å². The third-order valence-corrected chi connectivity index (χ3v) is 6.15. The van der Waals surface area contributed by atoms with Gasteiger partial charge >= 0.3 is 0 Å². The zero-order valence-electron chi connectivity index (χ0n) is 16.5. The number of ether oxygens (including phenoxy) is 3. The van der Waals surface area contributed by atoms with Gasteiger partial charge in [0.15, 0.2) is 23.1 Å². The average Bonchev–Trinajstić information content (AvgIpc) is 2.74. The van der Waals surface area contributed by atoms with Crippen molar-refractivity contribution < 1.29 is 22.6 Å². The standard InChI is InChI=1S/C20H20ClN3O5S/c1-13-15(21)5-4-6-19(13)30(25,26)24-20-18(10-22-12-23-20)29-11-14-7-8-16(27-2)17(9-14)28-3/h4-10,12H,11H2,1-3H3,(H,22,23,24). The molecule has 30 heavy (non-hydrogen) atoms. The molecule has 0 aliphatic carbocycles. The Balaban J connectivity index is 1.82.